The molecule has 7 nitrogen and oxygen atoms in total. The van der Waals surface area contributed by atoms with Gasteiger partial charge in [0.15, 0.2) is 5.65 Å². The average molecular weight is 330 g/mol. The molecular weight excluding hydrogens is 304 g/mol. The lowest BCUT2D eigenvalue weighted by molar-refractivity contribution is -0.123. The van der Waals surface area contributed by atoms with E-state index in [1.54, 1.807) is 0 Å². The Morgan fingerprint density at radius 1 is 1.42 bits per heavy atom. The van der Waals surface area contributed by atoms with Crippen LogP contribution in [0.4, 0.5) is 5.82 Å². The molecule has 0 bridgehead atoms. The summed E-state index contributed by atoms with van der Waals surface area (Å²) in [6.07, 6.45) is 1.94. The van der Waals surface area contributed by atoms with Crippen LogP contribution in [0.1, 0.15) is 29.8 Å². The van der Waals surface area contributed by atoms with Gasteiger partial charge in [-0.05, 0) is 40.2 Å². The van der Waals surface area contributed by atoms with Crippen LogP contribution in [0.5, 0.6) is 0 Å². The number of nitrogens with one attached hydrogen (secondary N) is 1. The van der Waals surface area contributed by atoms with Gasteiger partial charge in [-0.25, -0.2) is 4.98 Å². The Morgan fingerprint density at radius 2 is 2.21 bits per heavy atom. The minimum absolute atomic E-state index is 0.00922. The molecule has 1 aliphatic rings. The van der Waals surface area contributed by atoms with Gasteiger partial charge in [-0.15, -0.1) is 0 Å². The first-order valence-electron chi connectivity index (χ1n) is 8.55. The maximum Gasteiger partial charge on any atom is 0.221 e. The van der Waals surface area contributed by atoms with Gasteiger partial charge in [0.1, 0.15) is 5.82 Å². The monoisotopic (exact) mass is 330 g/mol. The summed E-state index contributed by atoms with van der Waals surface area (Å²) in [7, 11) is 0. The van der Waals surface area contributed by atoms with E-state index in [2.05, 4.69) is 20.3 Å². The Labute approximate surface area is 142 Å². The SMILES string of the molecule is Cc1cc(NCCN2CCC[C@@H](C(N)=O)C2)n2nc(C)c(C)c2n1. The molecule has 3 rings (SSSR count). The predicted molar refractivity (Wildman–Crippen MR) is 94.0 cm³/mol. The van der Waals surface area contributed by atoms with Crippen molar-refractivity contribution in [3.8, 4) is 0 Å². The van der Waals surface area contributed by atoms with Crippen LogP contribution in [-0.2, 0) is 4.79 Å². The van der Waals surface area contributed by atoms with Crippen molar-refractivity contribution in [2.24, 2.45) is 11.7 Å². The summed E-state index contributed by atoms with van der Waals surface area (Å²) >= 11 is 0. The van der Waals surface area contributed by atoms with E-state index in [-0.39, 0.29) is 11.8 Å². The molecule has 0 spiro atoms. The average Bonchev–Trinajstić information content (AvgIpc) is 2.83. The zero-order valence-corrected chi connectivity index (χ0v) is 14.7. The lowest BCUT2D eigenvalue weighted by Gasteiger charge is -2.31. The second-order valence-electron chi connectivity index (χ2n) is 6.70. The van der Waals surface area contributed by atoms with Gasteiger partial charge in [0, 0.05) is 37.0 Å². The highest BCUT2D eigenvalue weighted by Crippen LogP contribution is 2.19. The zero-order valence-electron chi connectivity index (χ0n) is 14.7. The number of nitrogens with zero attached hydrogens (tertiary/aromatic N) is 4. The minimum atomic E-state index is -0.179. The standard InChI is InChI=1S/C17H26N6O/c1-11-9-15(23-17(20-11)12(2)13(3)21-23)19-6-8-22-7-4-5-14(10-22)16(18)24/h9,14,19H,4-8,10H2,1-3H3,(H2,18,24)/t14-/m1/s1. The molecule has 130 valence electrons. The van der Waals surface area contributed by atoms with Crippen LogP contribution in [0.25, 0.3) is 5.65 Å². The summed E-state index contributed by atoms with van der Waals surface area (Å²) in [5.74, 6) is 0.767. The van der Waals surface area contributed by atoms with Crippen LogP contribution in [0.15, 0.2) is 6.07 Å². The topological polar surface area (TPSA) is 88.5 Å². The van der Waals surface area contributed by atoms with Gasteiger partial charge >= 0.3 is 0 Å². The summed E-state index contributed by atoms with van der Waals surface area (Å²) in [5, 5.41) is 8.03. The van der Waals surface area contributed by atoms with E-state index in [1.165, 1.54) is 0 Å². The Balaban J connectivity index is 1.66. The number of rotatable bonds is 5. The Kier molecular flexibility index (Phi) is 4.71. The normalized spacial score (nSPS) is 18.9. The molecule has 1 saturated heterocycles. The molecule has 1 amide bonds. The van der Waals surface area contributed by atoms with E-state index in [9.17, 15) is 4.79 Å². The maximum absolute atomic E-state index is 11.4. The van der Waals surface area contributed by atoms with Gasteiger partial charge in [-0.3, -0.25) is 4.79 Å². The number of primary amides is 1. The molecule has 7 heteroatoms. The molecule has 0 radical (unpaired) electrons. The van der Waals surface area contributed by atoms with Crippen LogP contribution in [0, 0.1) is 26.7 Å². The highest BCUT2D eigenvalue weighted by Gasteiger charge is 2.23. The minimum Gasteiger partial charge on any atom is -0.369 e. The van der Waals surface area contributed by atoms with Crippen molar-refractivity contribution in [3.63, 3.8) is 0 Å². The van der Waals surface area contributed by atoms with Crippen molar-refractivity contribution in [2.45, 2.75) is 33.6 Å². The smallest absolute Gasteiger partial charge is 0.221 e. The van der Waals surface area contributed by atoms with Crippen molar-refractivity contribution in [1.82, 2.24) is 19.5 Å². The van der Waals surface area contributed by atoms with E-state index in [0.717, 1.165) is 67.4 Å². The number of hydrogen-bond donors (Lipinski definition) is 2. The number of carbonyl (C=O) groups is 1. The molecular formula is C17H26N6O. The third kappa shape index (κ3) is 3.36. The van der Waals surface area contributed by atoms with Gasteiger partial charge in [0.05, 0.1) is 11.6 Å². The number of aromatic nitrogens is 3. The summed E-state index contributed by atoms with van der Waals surface area (Å²) in [5.41, 5.74) is 9.43. The lowest BCUT2D eigenvalue weighted by atomic mass is 9.97. The molecule has 0 unspecified atom stereocenters. The number of hydrogen-bond acceptors (Lipinski definition) is 5. The molecule has 0 saturated carbocycles. The first kappa shape index (κ1) is 16.7. The first-order valence-corrected chi connectivity index (χ1v) is 8.55. The fourth-order valence-electron chi connectivity index (χ4n) is 3.31. The van der Waals surface area contributed by atoms with Crippen molar-refractivity contribution >= 4 is 17.4 Å². The largest absolute Gasteiger partial charge is 0.369 e. The molecule has 1 fully saturated rings. The van der Waals surface area contributed by atoms with Crippen LogP contribution < -0.4 is 11.1 Å². The molecule has 24 heavy (non-hydrogen) atoms. The fraction of sp³-hybridized carbons (Fsp3) is 0.588. The van der Waals surface area contributed by atoms with Gasteiger partial charge in [0.25, 0.3) is 0 Å². The first-order chi connectivity index (χ1) is 11.5. The highest BCUT2D eigenvalue weighted by molar-refractivity contribution is 5.76. The maximum atomic E-state index is 11.4. The molecule has 2 aromatic rings. The van der Waals surface area contributed by atoms with E-state index < -0.39 is 0 Å². The second-order valence-corrected chi connectivity index (χ2v) is 6.70. The third-order valence-corrected chi connectivity index (χ3v) is 4.83. The summed E-state index contributed by atoms with van der Waals surface area (Å²) in [6.45, 7) is 9.51. The molecule has 3 N–H and O–H groups in total. The zero-order chi connectivity index (χ0) is 17.3. The van der Waals surface area contributed by atoms with E-state index in [1.807, 2.05) is 31.4 Å². The Morgan fingerprint density at radius 3 is 2.96 bits per heavy atom. The summed E-state index contributed by atoms with van der Waals surface area (Å²) in [6, 6.07) is 2.02. The molecule has 2 aromatic heterocycles. The third-order valence-electron chi connectivity index (χ3n) is 4.83. The van der Waals surface area contributed by atoms with Crippen molar-refractivity contribution < 1.29 is 4.79 Å². The number of carbonyl (C=O) groups excluding carboxylic acids is 1. The number of likely N-dealkylation sites (tertiary alicyclic amines) is 1. The second kappa shape index (κ2) is 6.76. The number of aryl methyl sites for hydroxylation is 3. The van der Waals surface area contributed by atoms with Crippen LogP contribution in [0.3, 0.4) is 0 Å². The molecule has 1 atom stereocenters. The van der Waals surface area contributed by atoms with Crippen LogP contribution >= 0.6 is 0 Å². The van der Waals surface area contributed by atoms with Crippen molar-refractivity contribution in [1.29, 1.82) is 0 Å². The number of fused-ring (bicyclic) bond motifs is 1. The number of amides is 1. The van der Waals surface area contributed by atoms with E-state index in [4.69, 9.17) is 5.73 Å². The summed E-state index contributed by atoms with van der Waals surface area (Å²) < 4.78 is 1.88. The summed E-state index contributed by atoms with van der Waals surface area (Å²) in [4.78, 5) is 18.3. The van der Waals surface area contributed by atoms with E-state index in [0.29, 0.717) is 0 Å². The molecule has 1 aliphatic heterocycles. The van der Waals surface area contributed by atoms with Crippen molar-refractivity contribution in [2.75, 3.05) is 31.5 Å². The number of nitrogens with two attached hydrogens (primary N) is 1. The number of anilines is 1. The highest BCUT2D eigenvalue weighted by atomic mass is 16.1. The molecule has 0 aromatic carbocycles. The van der Waals surface area contributed by atoms with Crippen LogP contribution in [-0.4, -0.2) is 51.6 Å². The molecule has 0 aliphatic carbocycles. The Bertz CT molecular complexity index is 753. The Hall–Kier alpha value is -2.15. The van der Waals surface area contributed by atoms with Gasteiger partial charge in [0.2, 0.25) is 5.91 Å². The van der Waals surface area contributed by atoms with Gasteiger partial charge in [-0.1, -0.05) is 0 Å². The quantitative estimate of drug-likeness (QED) is 0.862. The fourth-order valence-corrected chi connectivity index (χ4v) is 3.31. The van der Waals surface area contributed by atoms with E-state index >= 15 is 0 Å². The molecule has 3 heterocycles. The van der Waals surface area contributed by atoms with Gasteiger partial charge < -0.3 is 16.0 Å². The van der Waals surface area contributed by atoms with Crippen LogP contribution in [0.2, 0.25) is 0 Å². The number of piperidine rings is 1. The predicted octanol–water partition coefficient (Wildman–Crippen LogP) is 1.26. The lowest BCUT2D eigenvalue weighted by Crippen LogP contribution is -2.42. The van der Waals surface area contributed by atoms with Crippen molar-refractivity contribution in [3.05, 3.63) is 23.0 Å². The van der Waals surface area contributed by atoms with Gasteiger partial charge in [-0.2, -0.15) is 9.61 Å².